The number of anilines is 2. The lowest BCUT2D eigenvalue weighted by Gasteiger charge is -2.17. The van der Waals surface area contributed by atoms with Crippen molar-refractivity contribution in [2.75, 3.05) is 23.3 Å². The third-order valence-electron chi connectivity index (χ3n) is 4.14. The minimum Gasteiger partial charge on any atom is -0.366 e. The molecule has 1 aliphatic rings. The maximum Gasteiger partial charge on any atom is 0.293 e. The number of nitrogens with one attached hydrogen (secondary N) is 1. The molecule has 2 aromatic rings. The van der Waals surface area contributed by atoms with Gasteiger partial charge in [-0.25, -0.2) is 13.2 Å². The minimum absolute atomic E-state index is 0.0937. The number of rotatable bonds is 4. The van der Waals surface area contributed by atoms with Crippen LogP contribution in [0.15, 0.2) is 30.3 Å². The molecule has 136 valence electrons. The fourth-order valence-electron chi connectivity index (χ4n) is 2.85. The number of nitro groups is 1. The normalized spacial score (nSPS) is 13.7. The maximum atomic E-state index is 13.6. The topological polar surface area (TPSA) is 75.5 Å². The highest BCUT2D eigenvalue weighted by atomic mass is 19.2. The van der Waals surface area contributed by atoms with Crippen LogP contribution in [0.1, 0.15) is 23.2 Å². The summed E-state index contributed by atoms with van der Waals surface area (Å²) in [5.74, 6) is -4.73. The van der Waals surface area contributed by atoms with E-state index in [9.17, 15) is 28.1 Å². The van der Waals surface area contributed by atoms with Crippen LogP contribution in [0.25, 0.3) is 0 Å². The molecule has 9 heteroatoms. The van der Waals surface area contributed by atoms with Gasteiger partial charge in [-0.15, -0.1) is 0 Å². The molecular weight excluding hydrogens is 351 g/mol. The van der Waals surface area contributed by atoms with Gasteiger partial charge < -0.3 is 10.2 Å². The molecule has 0 radical (unpaired) electrons. The molecule has 3 rings (SSSR count). The second-order valence-corrected chi connectivity index (χ2v) is 5.86. The van der Waals surface area contributed by atoms with Gasteiger partial charge in [0.15, 0.2) is 11.6 Å². The second-order valence-electron chi connectivity index (χ2n) is 5.86. The summed E-state index contributed by atoms with van der Waals surface area (Å²) in [6.07, 6.45) is 1.85. The first kappa shape index (κ1) is 17.7. The number of benzene rings is 2. The molecule has 0 bridgehead atoms. The van der Waals surface area contributed by atoms with Gasteiger partial charge in [0.1, 0.15) is 11.5 Å². The fourth-order valence-corrected chi connectivity index (χ4v) is 2.85. The van der Waals surface area contributed by atoms with Crippen molar-refractivity contribution in [2.45, 2.75) is 12.8 Å². The van der Waals surface area contributed by atoms with Crippen LogP contribution in [0.2, 0.25) is 0 Å². The number of halogens is 3. The van der Waals surface area contributed by atoms with Crippen LogP contribution in [0.4, 0.5) is 30.2 Å². The van der Waals surface area contributed by atoms with Crippen molar-refractivity contribution in [1.29, 1.82) is 0 Å². The van der Waals surface area contributed by atoms with Crippen molar-refractivity contribution < 1.29 is 22.9 Å². The van der Waals surface area contributed by atoms with Gasteiger partial charge in [-0.1, -0.05) is 0 Å². The Kier molecular flexibility index (Phi) is 4.79. The zero-order valence-electron chi connectivity index (χ0n) is 13.5. The van der Waals surface area contributed by atoms with Crippen LogP contribution < -0.4 is 10.2 Å². The Morgan fingerprint density at radius 2 is 1.69 bits per heavy atom. The van der Waals surface area contributed by atoms with E-state index in [1.54, 1.807) is 0 Å². The molecule has 26 heavy (non-hydrogen) atoms. The first-order valence-electron chi connectivity index (χ1n) is 7.86. The van der Waals surface area contributed by atoms with E-state index in [1.807, 2.05) is 4.90 Å². The number of amides is 1. The summed E-state index contributed by atoms with van der Waals surface area (Å²) < 4.78 is 39.8. The summed E-state index contributed by atoms with van der Waals surface area (Å²) in [7, 11) is 0. The van der Waals surface area contributed by atoms with Gasteiger partial charge >= 0.3 is 0 Å². The predicted molar refractivity (Wildman–Crippen MR) is 88.8 cm³/mol. The van der Waals surface area contributed by atoms with Crippen LogP contribution >= 0.6 is 0 Å². The summed E-state index contributed by atoms with van der Waals surface area (Å²) in [4.78, 5) is 24.8. The molecule has 0 spiro atoms. The molecule has 0 aromatic heterocycles. The lowest BCUT2D eigenvalue weighted by molar-refractivity contribution is -0.384. The maximum absolute atomic E-state index is 13.6. The summed E-state index contributed by atoms with van der Waals surface area (Å²) in [5.41, 5.74) is -0.489. The van der Waals surface area contributed by atoms with Gasteiger partial charge in [0.05, 0.1) is 10.6 Å². The largest absolute Gasteiger partial charge is 0.366 e. The number of carbonyl (C=O) groups is 1. The molecule has 6 nitrogen and oxygen atoms in total. The van der Waals surface area contributed by atoms with Gasteiger partial charge in [0.25, 0.3) is 11.6 Å². The Hall–Kier alpha value is -3.10. The summed E-state index contributed by atoms with van der Waals surface area (Å²) >= 11 is 0. The first-order chi connectivity index (χ1) is 12.4. The van der Waals surface area contributed by atoms with Crippen molar-refractivity contribution in [2.24, 2.45) is 0 Å². The van der Waals surface area contributed by atoms with E-state index in [2.05, 4.69) is 5.32 Å². The smallest absolute Gasteiger partial charge is 0.293 e. The number of hydrogen-bond donors (Lipinski definition) is 1. The Balaban J connectivity index is 1.89. The van der Waals surface area contributed by atoms with Crippen molar-refractivity contribution in [3.05, 3.63) is 63.5 Å². The van der Waals surface area contributed by atoms with E-state index < -0.39 is 34.0 Å². The molecular formula is C17H14F3N3O3. The van der Waals surface area contributed by atoms with Crippen LogP contribution in [0.3, 0.4) is 0 Å². The number of nitro benzene ring substituents is 1. The summed E-state index contributed by atoms with van der Waals surface area (Å²) in [6.45, 7) is 1.37. The van der Waals surface area contributed by atoms with Crippen molar-refractivity contribution >= 4 is 23.0 Å². The third-order valence-corrected chi connectivity index (χ3v) is 4.14. The third kappa shape index (κ3) is 3.46. The molecule has 1 N–H and O–H groups in total. The molecule has 1 fully saturated rings. The van der Waals surface area contributed by atoms with Gasteiger partial charge in [0, 0.05) is 36.9 Å². The standard InChI is InChI=1S/C17H14F3N3O3/c18-11-8-13(20)14(9-12(11)19)21-17(24)10-3-4-15(16(7-10)23(25)26)22-5-1-2-6-22/h3-4,7-9H,1-2,5-6H2,(H,21,24). The average molecular weight is 365 g/mol. The first-order valence-corrected chi connectivity index (χ1v) is 7.86. The summed E-state index contributed by atoms with van der Waals surface area (Å²) in [6, 6.07) is 4.73. The fraction of sp³-hybridized carbons (Fsp3) is 0.235. The van der Waals surface area contributed by atoms with E-state index in [0.29, 0.717) is 30.9 Å². The van der Waals surface area contributed by atoms with Gasteiger partial charge in [0.2, 0.25) is 0 Å². The molecule has 1 amide bonds. The molecule has 0 unspecified atom stereocenters. The van der Waals surface area contributed by atoms with Crippen LogP contribution in [0, 0.1) is 27.6 Å². The van der Waals surface area contributed by atoms with Crippen LogP contribution in [0.5, 0.6) is 0 Å². The van der Waals surface area contributed by atoms with E-state index >= 15 is 0 Å². The molecule has 1 heterocycles. The van der Waals surface area contributed by atoms with Crippen LogP contribution in [-0.2, 0) is 0 Å². The summed E-state index contributed by atoms with van der Waals surface area (Å²) in [5, 5.41) is 13.4. The monoisotopic (exact) mass is 365 g/mol. The minimum atomic E-state index is -1.38. The zero-order valence-corrected chi connectivity index (χ0v) is 13.5. The van der Waals surface area contributed by atoms with E-state index in [1.165, 1.54) is 12.1 Å². The van der Waals surface area contributed by atoms with Gasteiger partial charge in [-0.2, -0.15) is 0 Å². The van der Waals surface area contributed by atoms with Crippen molar-refractivity contribution in [3.63, 3.8) is 0 Å². The number of carbonyl (C=O) groups excluding carboxylic acids is 1. The highest BCUT2D eigenvalue weighted by Gasteiger charge is 2.24. The second kappa shape index (κ2) is 7.03. The predicted octanol–water partition coefficient (Wildman–Crippen LogP) is 3.86. The molecule has 0 saturated carbocycles. The molecule has 0 aliphatic carbocycles. The Morgan fingerprint density at radius 3 is 2.35 bits per heavy atom. The Labute approximate surface area is 146 Å². The van der Waals surface area contributed by atoms with Crippen molar-refractivity contribution in [3.8, 4) is 0 Å². The Bertz CT molecular complexity index is 883. The van der Waals surface area contributed by atoms with Gasteiger partial charge in [-0.05, 0) is 25.0 Å². The lowest BCUT2D eigenvalue weighted by atomic mass is 10.1. The number of hydrogen-bond acceptors (Lipinski definition) is 4. The molecule has 1 aliphatic heterocycles. The average Bonchev–Trinajstić information content (AvgIpc) is 3.13. The van der Waals surface area contributed by atoms with Gasteiger partial charge in [-0.3, -0.25) is 14.9 Å². The lowest BCUT2D eigenvalue weighted by Crippen LogP contribution is -2.20. The number of nitrogens with zero attached hydrogens (tertiary/aromatic N) is 2. The molecule has 0 atom stereocenters. The highest BCUT2D eigenvalue weighted by Crippen LogP contribution is 2.32. The van der Waals surface area contributed by atoms with E-state index in [-0.39, 0.29) is 11.3 Å². The molecule has 2 aromatic carbocycles. The van der Waals surface area contributed by atoms with E-state index in [0.717, 1.165) is 18.9 Å². The van der Waals surface area contributed by atoms with Crippen LogP contribution in [-0.4, -0.2) is 23.9 Å². The SMILES string of the molecule is O=C(Nc1cc(F)c(F)cc1F)c1ccc(N2CCCC2)c([N+](=O)[O-])c1. The van der Waals surface area contributed by atoms with E-state index in [4.69, 9.17) is 0 Å². The van der Waals surface area contributed by atoms with Crippen molar-refractivity contribution in [1.82, 2.24) is 0 Å². The molecule has 1 saturated heterocycles. The highest BCUT2D eigenvalue weighted by molar-refractivity contribution is 6.05. The quantitative estimate of drug-likeness (QED) is 0.507. The zero-order chi connectivity index (χ0) is 18.8. The Morgan fingerprint density at radius 1 is 1.04 bits per heavy atom.